The highest BCUT2D eigenvalue weighted by Gasteiger charge is 2.34. The highest BCUT2D eigenvalue weighted by Crippen LogP contribution is 2.29. The number of para-hydroxylation sites is 1. The molecule has 0 saturated heterocycles. The summed E-state index contributed by atoms with van der Waals surface area (Å²) in [4.78, 5) is 29.4. The van der Waals surface area contributed by atoms with Gasteiger partial charge in [-0.05, 0) is 100 Å². The number of methoxy groups -OCH3 is 1. The van der Waals surface area contributed by atoms with Gasteiger partial charge in [0.05, 0.1) is 17.7 Å². The zero-order valence-corrected chi connectivity index (χ0v) is 28.6. The third-order valence-electron chi connectivity index (χ3n) is 7.36. The lowest BCUT2D eigenvalue weighted by atomic mass is 10.1. The van der Waals surface area contributed by atoms with Gasteiger partial charge in [-0.1, -0.05) is 55.0 Å². The SMILES string of the molecule is CCC(C(=O)NC(C)(C)C)N(Cc1cccc(OC)c1)C(=O)CN(c1ccc(Oc2ccccc2)cc1)S(=O)(=O)c1ccc(C)cc1. The molecule has 0 aliphatic heterocycles. The molecule has 1 N–H and O–H groups in total. The summed E-state index contributed by atoms with van der Waals surface area (Å²) in [6.45, 7) is 8.82. The van der Waals surface area contributed by atoms with Crippen molar-refractivity contribution in [3.8, 4) is 17.2 Å². The highest BCUT2D eigenvalue weighted by molar-refractivity contribution is 7.92. The number of amides is 2. The Hall–Kier alpha value is -4.83. The van der Waals surface area contributed by atoms with E-state index in [-0.39, 0.29) is 23.0 Å². The van der Waals surface area contributed by atoms with Gasteiger partial charge in [-0.3, -0.25) is 13.9 Å². The van der Waals surface area contributed by atoms with Crippen molar-refractivity contribution in [2.45, 2.75) is 64.1 Å². The molecular formula is C37H43N3O6S. The monoisotopic (exact) mass is 657 g/mol. The predicted molar refractivity (Wildman–Crippen MR) is 184 cm³/mol. The number of hydrogen-bond acceptors (Lipinski definition) is 6. The van der Waals surface area contributed by atoms with E-state index in [1.807, 2.05) is 71.0 Å². The minimum atomic E-state index is -4.21. The lowest BCUT2D eigenvalue weighted by Gasteiger charge is -2.34. The molecule has 0 aliphatic rings. The van der Waals surface area contributed by atoms with Gasteiger partial charge in [0.2, 0.25) is 11.8 Å². The van der Waals surface area contributed by atoms with Crippen LogP contribution in [0.1, 0.15) is 45.2 Å². The number of ether oxygens (including phenoxy) is 2. The van der Waals surface area contributed by atoms with Gasteiger partial charge in [0.1, 0.15) is 29.8 Å². The van der Waals surface area contributed by atoms with Crippen molar-refractivity contribution in [3.05, 3.63) is 114 Å². The Bertz CT molecular complexity index is 1750. The summed E-state index contributed by atoms with van der Waals surface area (Å²) in [7, 11) is -2.66. The van der Waals surface area contributed by atoms with Gasteiger partial charge in [0.25, 0.3) is 10.0 Å². The molecule has 248 valence electrons. The number of hydrogen-bond donors (Lipinski definition) is 1. The molecule has 0 spiro atoms. The molecule has 47 heavy (non-hydrogen) atoms. The molecule has 4 rings (SSSR count). The van der Waals surface area contributed by atoms with Crippen molar-refractivity contribution in [3.63, 3.8) is 0 Å². The van der Waals surface area contributed by atoms with Crippen LogP contribution < -0.4 is 19.1 Å². The second kappa shape index (κ2) is 15.2. The van der Waals surface area contributed by atoms with Crippen LogP contribution in [-0.4, -0.2) is 50.4 Å². The largest absolute Gasteiger partial charge is 0.497 e. The van der Waals surface area contributed by atoms with E-state index >= 15 is 0 Å². The second-order valence-corrected chi connectivity index (χ2v) is 14.1. The number of nitrogens with one attached hydrogen (secondary N) is 1. The zero-order chi connectivity index (χ0) is 34.2. The average molecular weight is 658 g/mol. The van der Waals surface area contributed by atoms with Crippen LogP contribution in [0.5, 0.6) is 17.2 Å². The van der Waals surface area contributed by atoms with Crippen molar-refractivity contribution in [1.29, 1.82) is 0 Å². The fourth-order valence-corrected chi connectivity index (χ4v) is 6.43. The Labute approximate surface area is 278 Å². The molecule has 0 heterocycles. The molecule has 1 atom stereocenters. The smallest absolute Gasteiger partial charge is 0.264 e. The van der Waals surface area contributed by atoms with E-state index in [1.54, 1.807) is 61.7 Å². The first-order valence-corrected chi connectivity index (χ1v) is 16.9. The average Bonchev–Trinajstić information content (AvgIpc) is 3.04. The number of sulfonamides is 1. The Kier molecular flexibility index (Phi) is 11.3. The maximum Gasteiger partial charge on any atom is 0.264 e. The molecule has 0 radical (unpaired) electrons. The molecule has 0 bridgehead atoms. The first-order valence-electron chi connectivity index (χ1n) is 15.5. The maximum atomic E-state index is 14.4. The number of anilines is 1. The first kappa shape index (κ1) is 35.0. The summed E-state index contributed by atoms with van der Waals surface area (Å²) in [5, 5.41) is 2.98. The Morgan fingerprint density at radius 1 is 0.830 bits per heavy atom. The fourth-order valence-electron chi connectivity index (χ4n) is 5.01. The maximum absolute atomic E-state index is 14.4. The van der Waals surface area contributed by atoms with Crippen molar-refractivity contribution in [2.24, 2.45) is 0 Å². The number of aryl methyl sites for hydroxylation is 1. The van der Waals surface area contributed by atoms with Gasteiger partial charge in [-0.25, -0.2) is 8.42 Å². The quantitative estimate of drug-likeness (QED) is 0.171. The molecule has 4 aromatic carbocycles. The van der Waals surface area contributed by atoms with E-state index in [2.05, 4.69) is 5.32 Å². The molecule has 0 aliphatic carbocycles. The van der Waals surface area contributed by atoms with Crippen LogP contribution in [0.2, 0.25) is 0 Å². The van der Waals surface area contributed by atoms with E-state index in [4.69, 9.17) is 9.47 Å². The number of carbonyl (C=O) groups is 2. The number of nitrogens with zero attached hydrogens (tertiary/aromatic N) is 2. The molecule has 0 aromatic heterocycles. The molecule has 0 saturated carbocycles. The van der Waals surface area contributed by atoms with Crippen LogP contribution in [0, 0.1) is 6.92 Å². The minimum absolute atomic E-state index is 0.0392. The summed E-state index contributed by atoms with van der Waals surface area (Å²) >= 11 is 0. The van der Waals surface area contributed by atoms with Gasteiger partial charge in [-0.15, -0.1) is 0 Å². The van der Waals surface area contributed by atoms with Gasteiger partial charge in [0.15, 0.2) is 0 Å². The van der Waals surface area contributed by atoms with Crippen LogP contribution in [0.4, 0.5) is 5.69 Å². The van der Waals surface area contributed by atoms with Gasteiger partial charge in [-0.2, -0.15) is 0 Å². The van der Waals surface area contributed by atoms with Crippen LogP contribution in [0.25, 0.3) is 0 Å². The van der Waals surface area contributed by atoms with Gasteiger partial charge in [0, 0.05) is 12.1 Å². The summed E-state index contributed by atoms with van der Waals surface area (Å²) in [5.41, 5.74) is 1.36. The second-order valence-electron chi connectivity index (χ2n) is 12.3. The van der Waals surface area contributed by atoms with E-state index in [0.717, 1.165) is 15.4 Å². The van der Waals surface area contributed by atoms with Crippen LogP contribution in [0.15, 0.2) is 108 Å². The van der Waals surface area contributed by atoms with Gasteiger partial charge < -0.3 is 19.7 Å². The first-order chi connectivity index (χ1) is 22.3. The number of rotatable bonds is 13. The molecule has 4 aromatic rings. The van der Waals surface area contributed by atoms with Crippen LogP contribution >= 0.6 is 0 Å². The zero-order valence-electron chi connectivity index (χ0n) is 27.8. The van der Waals surface area contributed by atoms with Crippen molar-refractivity contribution >= 4 is 27.5 Å². The topological polar surface area (TPSA) is 105 Å². The third-order valence-corrected chi connectivity index (χ3v) is 9.15. The van der Waals surface area contributed by atoms with Gasteiger partial charge >= 0.3 is 0 Å². The Morgan fingerprint density at radius 3 is 2.04 bits per heavy atom. The molecule has 10 heteroatoms. The predicted octanol–water partition coefficient (Wildman–Crippen LogP) is 6.71. The lowest BCUT2D eigenvalue weighted by Crippen LogP contribution is -2.55. The Balaban J connectivity index is 1.74. The minimum Gasteiger partial charge on any atom is -0.497 e. The third kappa shape index (κ3) is 9.36. The molecule has 1 unspecified atom stereocenters. The number of benzene rings is 4. The molecule has 0 fully saturated rings. The van der Waals surface area contributed by atoms with Crippen LogP contribution in [0.3, 0.4) is 0 Å². The van der Waals surface area contributed by atoms with Crippen molar-refractivity contribution in [2.75, 3.05) is 18.0 Å². The van der Waals surface area contributed by atoms with E-state index in [0.29, 0.717) is 23.7 Å². The molecule has 9 nitrogen and oxygen atoms in total. The van der Waals surface area contributed by atoms with Crippen molar-refractivity contribution < 1.29 is 27.5 Å². The van der Waals surface area contributed by atoms with Crippen LogP contribution in [-0.2, 0) is 26.2 Å². The van der Waals surface area contributed by atoms with E-state index in [9.17, 15) is 18.0 Å². The standard InChI is InChI=1S/C37H43N3O6S/c1-7-34(36(42)38-37(3,4)5)39(25-28-12-11-15-32(24-28)45-6)35(41)26-40(47(43,44)33-22-16-27(2)17-23-33)29-18-20-31(21-19-29)46-30-13-9-8-10-14-30/h8-24,34H,7,25-26H2,1-6H3,(H,38,42). The highest BCUT2D eigenvalue weighted by atomic mass is 32.2. The summed E-state index contributed by atoms with van der Waals surface area (Å²) in [5.74, 6) is 0.870. The van der Waals surface area contributed by atoms with E-state index in [1.165, 1.54) is 17.0 Å². The number of carbonyl (C=O) groups excluding carboxylic acids is 2. The summed E-state index contributed by atoms with van der Waals surface area (Å²) < 4.78 is 40.8. The lowest BCUT2D eigenvalue weighted by molar-refractivity contribution is -0.141. The molecule has 2 amide bonds. The van der Waals surface area contributed by atoms with E-state index < -0.39 is 34.1 Å². The molecular weight excluding hydrogens is 614 g/mol. The van der Waals surface area contributed by atoms with Crippen molar-refractivity contribution in [1.82, 2.24) is 10.2 Å². The summed E-state index contributed by atoms with van der Waals surface area (Å²) in [6, 6.07) is 28.6. The normalized spacial score (nSPS) is 12.1. The fraction of sp³-hybridized carbons (Fsp3) is 0.297. The summed E-state index contributed by atoms with van der Waals surface area (Å²) in [6.07, 6.45) is 0.313. The Morgan fingerprint density at radius 2 is 1.45 bits per heavy atom.